The molecule has 0 amide bonds. The van der Waals surface area contributed by atoms with Gasteiger partial charge in [0.05, 0.1) is 22.0 Å². The molecule has 0 atom stereocenters. The van der Waals surface area contributed by atoms with E-state index < -0.39 is 0 Å². The third kappa shape index (κ3) is 2.07. The van der Waals surface area contributed by atoms with Gasteiger partial charge in [-0.05, 0) is 37.8 Å². The van der Waals surface area contributed by atoms with Crippen molar-refractivity contribution in [3.05, 3.63) is 50.8 Å². The Bertz CT molecular complexity index is 1180. The lowest BCUT2D eigenvalue weighted by Gasteiger charge is -2.07. The second-order valence-electron chi connectivity index (χ2n) is 6.19. The Hall–Kier alpha value is -2.87. The summed E-state index contributed by atoms with van der Waals surface area (Å²) in [6, 6.07) is 4.77. The van der Waals surface area contributed by atoms with Crippen LogP contribution in [0.3, 0.4) is 0 Å². The standard InChI is InChI=1S/C17H13N5O2S/c1-9-19-16(15-12-3-2-4-14(12)25-17(15)20-9)21-13-7-11(22(23)24)6-5-10(13)8-18-21/h5-8H,2-4H2,1H3. The van der Waals surface area contributed by atoms with Gasteiger partial charge in [0.15, 0.2) is 5.82 Å². The van der Waals surface area contributed by atoms with Crippen LogP contribution in [-0.4, -0.2) is 24.7 Å². The number of fused-ring (bicyclic) bond motifs is 4. The number of hydrogen-bond donors (Lipinski definition) is 0. The molecule has 5 rings (SSSR count). The maximum atomic E-state index is 11.1. The van der Waals surface area contributed by atoms with Crippen LogP contribution < -0.4 is 0 Å². The Balaban J connectivity index is 1.85. The number of hydrogen-bond acceptors (Lipinski definition) is 6. The summed E-state index contributed by atoms with van der Waals surface area (Å²) in [5.41, 5.74) is 2.04. The van der Waals surface area contributed by atoms with Crippen LogP contribution in [0, 0.1) is 17.0 Å². The van der Waals surface area contributed by atoms with Gasteiger partial charge in [0.1, 0.15) is 10.7 Å². The maximum Gasteiger partial charge on any atom is 0.271 e. The molecule has 0 aliphatic heterocycles. The van der Waals surface area contributed by atoms with Gasteiger partial charge in [-0.2, -0.15) is 5.10 Å². The van der Waals surface area contributed by atoms with Crippen molar-refractivity contribution in [3.8, 4) is 5.82 Å². The second-order valence-corrected chi connectivity index (χ2v) is 7.27. The zero-order valence-corrected chi connectivity index (χ0v) is 14.2. The Morgan fingerprint density at radius 1 is 1.28 bits per heavy atom. The van der Waals surface area contributed by atoms with E-state index in [1.807, 2.05) is 6.92 Å². The minimum atomic E-state index is -0.389. The average molecular weight is 351 g/mol. The van der Waals surface area contributed by atoms with Gasteiger partial charge in [0, 0.05) is 22.4 Å². The van der Waals surface area contributed by atoms with E-state index in [4.69, 9.17) is 0 Å². The molecular weight excluding hydrogens is 338 g/mol. The van der Waals surface area contributed by atoms with Gasteiger partial charge < -0.3 is 0 Å². The van der Waals surface area contributed by atoms with Crippen molar-refractivity contribution in [2.45, 2.75) is 26.2 Å². The molecule has 0 fully saturated rings. The summed E-state index contributed by atoms with van der Waals surface area (Å²) in [6.45, 7) is 1.86. The summed E-state index contributed by atoms with van der Waals surface area (Å²) in [5.74, 6) is 1.40. The monoisotopic (exact) mass is 351 g/mol. The van der Waals surface area contributed by atoms with E-state index in [9.17, 15) is 10.1 Å². The predicted octanol–water partition coefficient (Wildman–Crippen LogP) is 3.74. The first-order valence-electron chi connectivity index (χ1n) is 8.03. The molecule has 3 heterocycles. The molecule has 1 aliphatic carbocycles. The highest BCUT2D eigenvalue weighted by Gasteiger charge is 2.24. The highest BCUT2D eigenvalue weighted by Crippen LogP contribution is 2.39. The predicted molar refractivity (Wildman–Crippen MR) is 95.5 cm³/mol. The molecule has 1 aliphatic rings. The van der Waals surface area contributed by atoms with E-state index in [0.29, 0.717) is 11.3 Å². The van der Waals surface area contributed by atoms with Gasteiger partial charge in [-0.15, -0.1) is 11.3 Å². The number of nitrogens with zero attached hydrogens (tertiary/aromatic N) is 5. The van der Waals surface area contributed by atoms with Gasteiger partial charge >= 0.3 is 0 Å². The van der Waals surface area contributed by atoms with Gasteiger partial charge in [0.2, 0.25) is 0 Å². The van der Waals surface area contributed by atoms with Crippen LogP contribution in [-0.2, 0) is 12.8 Å². The van der Waals surface area contributed by atoms with Crippen LogP contribution >= 0.6 is 11.3 Å². The van der Waals surface area contributed by atoms with Crippen molar-refractivity contribution in [1.29, 1.82) is 0 Å². The van der Waals surface area contributed by atoms with Crippen molar-refractivity contribution in [2.75, 3.05) is 0 Å². The molecular formula is C17H13N5O2S. The second kappa shape index (κ2) is 5.06. The van der Waals surface area contributed by atoms with Gasteiger partial charge in [0.25, 0.3) is 5.69 Å². The largest absolute Gasteiger partial charge is 0.271 e. The minimum absolute atomic E-state index is 0.0480. The Kier molecular flexibility index (Phi) is 2.93. The first kappa shape index (κ1) is 14.5. The fourth-order valence-corrected chi connectivity index (χ4v) is 4.82. The van der Waals surface area contributed by atoms with Gasteiger partial charge in [-0.25, -0.2) is 14.6 Å². The number of nitro groups is 1. The molecule has 7 nitrogen and oxygen atoms in total. The van der Waals surface area contributed by atoms with Crippen molar-refractivity contribution < 1.29 is 4.92 Å². The fraction of sp³-hybridized carbons (Fsp3) is 0.235. The number of benzene rings is 1. The quantitative estimate of drug-likeness (QED) is 0.405. The number of non-ortho nitro benzene ring substituents is 1. The van der Waals surface area contributed by atoms with Crippen molar-refractivity contribution in [2.24, 2.45) is 0 Å². The lowest BCUT2D eigenvalue weighted by molar-refractivity contribution is -0.384. The first-order valence-corrected chi connectivity index (χ1v) is 8.85. The smallest absolute Gasteiger partial charge is 0.258 e. The molecule has 0 N–H and O–H groups in total. The highest BCUT2D eigenvalue weighted by atomic mass is 32.1. The molecule has 0 saturated carbocycles. The van der Waals surface area contributed by atoms with E-state index in [1.165, 1.54) is 16.5 Å². The maximum absolute atomic E-state index is 11.1. The molecule has 0 spiro atoms. The third-order valence-corrected chi connectivity index (χ3v) is 5.81. The molecule has 25 heavy (non-hydrogen) atoms. The van der Waals surface area contributed by atoms with Crippen LogP contribution in [0.15, 0.2) is 24.4 Å². The van der Waals surface area contributed by atoms with Crippen molar-refractivity contribution in [1.82, 2.24) is 19.7 Å². The molecule has 1 aromatic carbocycles. The summed E-state index contributed by atoms with van der Waals surface area (Å²) < 4.78 is 1.71. The van der Waals surface area contributed by atoms with E-state index in [2.05, 4.69) is 15.1 Å². The van der Waals surface area contributed by atoms with Crippen LogP contribution in [0.5, 0.6) is 0 Å². The number of aromatic nitrogens is 4. The average Bonchev–Trinajstić information content (AvgIpc) is 3.26. The van der Waals surface area contributed by atoms with E-state index in [1.54, 1.807) is 34.3 Å². The molecule has 8 heteroatoms. The normalized spacial score (nSPS) is 13.6. The summed E-state index contributed by atoms with van der Waals surface area (Å²) >= 11 is 1.72. The van der Waals surface area contributed by atoms with E-state index in [-0.39, 0.29) is 10.6 Å². The Labute approximate surface area is 146 Å². The molecule has 4 aromatic rings. The van der Waals surface area contributed by atoms with Gasteiger partial charge in [-0.3, -0.25) is 10.1 Å². The number of rotatable bonds is 2. The highest BCUT2D eigenvalue weighted by molar-refractivity contribution is 7.19. The van der Waals surface area contributed by atoms with Crippen LogP contribution in [0.1, 0.15) is 22.7 Å². The minimum Gasteiger partial charge on any atom is -0.258 e. The molecule has 0 radical (unpaired) electrons. The third-order valence-electron chi connectivity index (χ3n) is 4.62. The Morgan fingerprint density at radius 3 is 3.00 bits per heavy atom. The summed E-state index contributed by atoms with van der Waals surface area (Å²) in [4.78, 5) is 22.3. The van der Waals surface area contributed by atoms with Crippen LogP contribution in [0.25, 0.3) is 26.9 Å². The van der Waals surface area contributed by atoms with Crippen molar-refractivity contribution in [3.63, 3.8) is 0 Å². The SMILES string of the molecule is Cc1nc(-n2ncc3ccc([N+](=O)[O-])cc32)c2c3c(sc2n1)CCC3. The number of nitro benzene ring substituents is 1. The first-order chi connectivity index (χ1) is 12.1. The van der Waals surface area contributed by atoms with Gasteiger partial charge in [-0.1, -0.05) is 0 Å². The summed E-state index contributed by atoms with van der Waals surface area (Å²) in [5, 5.41) is 17.5. The van der Waals surface area contributed by atoms with E-state index in [0.717, 1.165) is 40.7 Å². The summed E-state index contributed by atoms with van der Waals surface area (Å²) in [7, 11) is 0. The number of aryl methyl sites for hydroxylation is 3. The summed E-state index contributed by atoms with van der Waals surface area (Å²) in [6.07, 6.45) is 4.97. The zero-order chi connectivity index (χ0) is 17.1. The lowest BCUT2D eigenvalue weighted by atomic mass is 10.2. The van der Waals surface area contributed by atoms with Crippen LogP contribution in [0.4, 0.5) is 5.69 Å². The molecule has 3 aromatic heterocycles. The van der Waals surface area contributed by atoms with Crippen molar-refractivity contribution >= 4 is 38.1 Å². The Morgan fingerprint density at radius 2 is 2.16 bits per heavy atom. The molecule has 0 unspecified atom stereocenters. The van der Waals surface area contributed by atoms with Crippen LogP contribution in [0.2, 0.25) is 0 Å². The molecule has 124 valence electrons. The molecule has 0 bridgehead atoms. The number of thiophene rings is 1. The topological polar surface area (TPSA) is 86.7 Å². The zero-order valence-electron chi connectivity index (χ0n) is 13.4. The molecule has 0 saturated heterocycles. The fourth-order valence-electron chi connectivity index (χ4n) is 3.52. The lowest BCUT2D eigenvalue weighted by Crippen LogP contribution is -2.04. The van der Waals surface area contributed by atoms with E-state index >= 15 is 0 Å².